The van der Waals surface area contributed by atoms with Crippen molar-refractivity contribution in [2.45, 2.75) is 75.4 Å². The normalized spacial score (nSPS) is 18.8. The highest BCUT2D eigenvalue weighted by atomic mass is 32.2. The van der Waals surface area contributed by atoms with Gasteiger partial charge in [-0.25, -0.2) is 26.4 Å². The third-order valence-electron chi connectivity index (χ3n) is 6.77. The SMILES string of the molecule is Cc1ccc(S(=O)(=O)N2[C@H](C(=O)N[C@@H](Cc3ccc(OC(=O)N(C)C)cc3)C(=O)OC(C)(C)C)CS(=O)(=O)C2(C)C)cc1. The van der Waals surface area contributed by atoms with Gasteiger partial charge in [0.15, 0.2) is 9.84 Å². The van der Waals surface area contributed by atoms with Crippen LogP contribution in [-0.2, 0) is 40.6 Å². The van der Waals surface area contributed by atoms with E-state index in [4.69, 9.17) is 9.47 Å². The van der Waals surface area contributed by atoms with Crippen molar-refractivity contribution >= 4 is 37.8 Å². The Bertz CT molecular complexity index is 1580. The minimum Gasteiger partial charge on any atom is -0.458 e. The first-order valence-electron chi connectivity index (χ1n) is 13.5. The summed E-state index contributed by atoms with van der Waals surface area (Å²) in [4.78, 5) is 37.9. The number of rotatable bonds is 8. The van der Waals surface area contributed by atoms with Gasteiger partial charge in [-0.05, 0) is 71.4 Å². The molecule has 1 aliphatic rings. The Labute approximate surface area is 253 Å². The predicted octanol–water partition coefficient (Wildman–Crippen LogP) is 2.65. The Hall–Kier alpha value is -3.49. The Morgan fingerprint density at radius 1 is 1.05 bits per heavy atom. The van der Waals surface area contributed by atoms with Crippen LogP contribution in [0.25, 0.3) is 0 Å². The molecule has 1 N–H and O–H groups in total. The van der Waals surface area contributed by atoms with Crippen LogP contribution in [0.5, 0.6) is 5.75 Å². The standard InChI is InChI=1S/C29H39N3O9S2/c1-19-9-15-22(16-10-19)43(38,39)32-24(18-42(36,37)29(32,5)6)25(33)30-23(26(34)41-28(2,3)4)17-20-11-13-21(14-12-20)40-27(35)31(7)8/h9-16,23-24H,17-18H2,1-8H3,(H,30,33)/t23-,24-/m0/s1. The average molecular weight is 638 g/mol. The number of sulfonamides is 1. The monoisotopic (exact) mass is 637 g/mol. The lowest BCUT2D eigenvalue weighted by molar-refractivity contribution is -0.158. The molecule has 2 atom stereocenters. The van der Waals surface area contributed by atoms with Crippen LogP contribution >= 0.6 is 0 Å². The minimum atomic E-state index is -4.46. The molecule has 0 aliphatic carbocycles. The number of carbonyl (C=O) groups is 3. The van der Waals surface area contributed by atoms with Gasteiger partial charge in [0.2, 0.25) is 15.9 Å². The summed E-state index contributed by atoms with van der Waals surface area (Å²) in [6.45, 7) is 9.20. The van der Waals surface area contributed by atoms with Crippen molar-refractivity contribution < 1.29 is 40.7 Å². The van der Waals surface area contributed by atoms with Crippen molar-refractivity contribution in [2.24, 2.45) is 0 Å². The Balaban J connectivity index is 1.95. The largest absolute Gasteiger partial charge is 0.458 e. The minimum absolute atomic E-state index is 0.0733. The van der Waals surface area contributed by atoms with Gasteiger partial charge in [0.05, 0.1) is 10.6 Å². The quantitative estimate of drug-likeness (QED) is 0.430. The number of nitrogens with zero attached hydrogens (tertiary/aromatic N) is 2. The fourth-order valence-electron chi connectivity index (χ4n) is 4.41. The molecule has 43 heavy (non-hydrogen) atoms. The molecule has 0 radical (unpaired) electrons. The summed E-state index contributed by atoms with van der Waals surface area (Å²) in [7, 11) is -5.49. The van der Waals surface area contributed by atoms with Crippen LogP contribution in [0.1, 0.15) is 45.7 Å². The van der Waals surface area contributed by atoms with E-state index in [1.807, 2.05) is 0 Å². The first-order valence-corrected chi connectivity index (χ1v) is 16.6. The van der Waals surface area contributed by atoms with Crippen LogP contribution in [0.15, 0.2) is 53.4 Å². The summed E-state index contributed by atoms with van der Waals surface area (Å²) in [5.74, 6) is -2.27. The van der Waals surface area contributed by atoms with E-state index >= 15 is 0 Å². The van der Waals surface area contributed by atoms with Gasteiger partial charge < -0.3 is 19.7 Å². The zero-order chi connectivity index (χ0) is 32.5. The smallest absolute Gasteiger partial charge is 0.414 e. The molecule has 3 rings (SSSR count). The molecule has 0 unspecified atom stereocenters. The number of hydrogen-bond acceptors (Lipinski definition) is 9. The second-order valence-electron chi connectivity index (χ2n) is 12.1. The summed E-state index contributed by atoms with van der Waals surface area (Å²) >= 11 is 0. The van der Waals surface area contributed by atoms with E-state index in [0.29, 0.717) is 9.87 Å². The lowest BCUT2D eigenvalue weighted by Crippen LogP contribution is -2.56. The van der Waals surface area contributed by atoms with Gasteiger partial charge in [0, 0.05) is 20.5 Å². The molecule has 0 aromatic heterocycles. The molecule has 0 spiro atoms. The fourth-order valence-corrected chi connectivity index (χ4v) is 8.46. The number of esters is 1. The number of carbonyl (C=O) groups excluding carboxylic acids is 3. The highest BCUT2D eigenvalue weighted by Crippen LogP contribution is 2.38. The number of nitrogens with one attached hydrogen (secondary N) is 1. The van der Waals surface area contributed by atoms with E-state index in [1.54, 1.807) is 52.0 Å². The molecule has 0 bridgehead atoms. The van der Waals surface area contributed by atoms with E-state index in [-0.39, 0.29) is 17.1 Å². The van der Waals surface area contributed by atoms with E-state index in [0.717, 1.165) is 5.56 Å². The maximum Gasteiger partial charge on any atom is 0.414 e. The number of amides is 2. The third kappa shape index (κ3) is 7.73. The second kappa shape index (κ2) is 12.2. The van der Waals surface area contributed by atoms with Gasteiger partial charge in [0.1, 0.15) is 28.3 Å². The Morgan fingerprint density at radius 3 is 2.12 bits per heavy atom. The van der Waals surface area contributed by atoms with Crippen molar-refractivity contribution in [3.63, 3.8) is 0 Å². The molecule has 14 heteroatoms. The first kappa shape index (κ1) is 34.0. The van der Waals surface area contributed by atoms with Crippen molar-refractivity contribution in [2.75, 3.05) is 19.8 Å². The van der Waals surface area contributed by atoms with Crippen molar-refractivity contribution in [3.05, 3.63) is 59.7 Å². The Kier molecular flexibility index (Phi) is 9.69. The summed E-state index contributed by atoms with van der Waals surface area (Å²) in [5, 5.41) is 2.55. The molecule has 2 aromatic rings. The van der Waals surface area contributed by atoms with Crippen LogP contribution in [0.4, 0.5) is 4.79 Å². The molecule has 0 saturated carbocycles. The molecule has 1 heterocycles. The molecule has 1 aliphatic heterocycles. The first-order chi connectivity index (χ1) is 19.7. The van der Waals surface area contributed by atoms with E-state index in [1.165, 1.54) is 57.1 Å². The van der Waals surface area contributed by atoms with Crippen LogP contribution in [-0.4, -0.2) is 86.4 Å². The maximum atomic E-state index is 13.8. The molecule has 2 aromatic carbocycles. The van der Waals surface area contributed by atoms with Gasteiger partial charge in [-0.1, -0.05) is 29.8 Å². The summed E-state index contributed by atoms with van der Waals surface area (Å²) < 4.78 is 65.3. The van der Waals surface area contributed by atoms with Crippen molar-refractivity contribution in [3.8, 4) is 5.75 Å². The van der Waals surface area contributed by atoms with Crippen LogP contribution < -0.4 is 10.1 Å². The van der Waals surface area contributed by atoms with E-state index in [2.05, 4.69) is 5.32 Å². The molecule has 12 nitrogen and oxygen atoms in total. The third-order valence-corrected chi connectivity index (χ3v) is 11.5. The van der Waals surface area contributed by atoms with Gasteiger partial charge in [-0.2, -0.15) is 4.31 Å². The summed E-state index contributed by atoms with van der Waals surface area (Å²) in [5.41, 5.74) is 0.444. The van der Waals surface area contributed by atoms with Crippen LogP contribution in [0.2, 0.25) is 0 Å². The van der Waals surface area contributed by atoms with Gasteiger partial charge in [-0.15, -0.1) is 0 Å². The number of ether oxygens (including phenoxy) is 2. The van der Waals surface area contributed by atoms with Gasteiger partial charge in [-0.3, -0.25) is 4.79 Å². The van der Waals surface area contributed by atoms with Crippen LogP contribution in [0, 0.1) is 6.92 Å². The topological polar surface area (TPSA) is 156 Å². The summed E-state index contributed by atoms with van der Waals surface area (Å²) in [6, 6.07) is 9.14. The average Bonchev–Trinajstić information content (AvgIpc) is 3.07. The fraction of sp³-hybridized carbons (Fsp3) is 0.483. The van der Waals surface area contributed by atoms with Crippen molar-refractivity contribution in [1.82, 2.24) is 14.5 Å². The molecule has 1 fully saturated rings. The molecule has 236 valence electrons. The lowest BCUT2D eigenvalue weighted by atomic mass is 10.0. The van der Waals surface area contributed by atoms with E-state index < -0.39 is 66.1 Å². The predicted molar refractivity (Wildman–Crippen MR) is 159 cm³/mol. The molecule has 2 amide bonds. The number of aryl methyl sites for hydroxylation is 1. The molecular weight excluding hydrogens is 598 g/mol. The highest BCUT2D eigenvalue weighted by molar-refractivity contribution is 7.95. The zero-order valence-corrected chi connectivity index (χ0v) is 27.2. The lowest BCUT2D eigenvalue weighted by Gasteiger charge is -2.33. The van der Waals surface area contributed by atoms with Crippen LogP contribution in [0.3, 0.4) is 0 Å². The van der Waals surface area contributed by atoms with Gasteiger partial charge >= 0.3 is 12.1 Å². The highest BCUT2D eigenvalue weighted by Gasteiger charge is 2.59. The second-order valence-corrected chi connectivity index (χ2v) is 16.4. The Morgan fingerprint density at radius 2 is 1.60 bits per heavy atom. The van der Waals surface area contributed by atoms with E-state index in [9.17, 15) is 31.2 Å². The number of sulfone groups is 1. The zero-order valence-electron chi connectivity index (χ0n) is 25.6. The molecular formula is C29H39N3O9S2. The molecule has 1 saturated heterocycles. The van der Waals surface area contributed by atoms with Crippen molar-refractivity contribution in [1.29, 1.82) is 0 Å². The van der Waals surface area contributed by atoms with Gasteiger partial charge in [0.25, 0.3) is 0 Å². The maximum absolute atomic E-state index is 13.8. The number of hydrogen-bond donors (Lipinski definition) is 1. The number of benzene rings is 2. The summed E-state index contributed by atoms with van der Waals surface area (Å²) in [6.07, 6.45) is -0.651.